The highest BCUT2D eigenvalue weighted by atomic mass is 16.3. The quantitative estimate of drug-likeness (QED) is 0.214. The van der Waals surface area contributed by atoms with Gasteiger partial charge >= 0.3 is 6.85 Å². The summed E-state index contributed by atoms with van der Waals surface area (Å²) in [5.41, 5.74) is 14.7. The molecule has 0 saturated heterocycles. The SMILES string of the molecule is c1ccc2c(c1)B1c3ccccc3-c3c(-c4ccc5oc6ccccc6c5c4)cccc3N1c1ccccc1-2. The molecule has 0 radical (unpaired) electrons. The molecule has 0 amide bonds. The highest BCUT2D eigenvalue weighted by molar-refractivity contribution is 6.92. The average molecular weight is 495 g/mol. The summed E-state index contributed by atoms with van der Waals surface area (Å²) in [6.45, 7) is 0.121. The fourth-order valence-corrected chi connectivity index (χ4v) is 6.87. The van der Waals surface area contributed by atoms with Crippen LogP contribution in [0.5, 0.6) is 0 Å². The summed E-state index contributed by atoms with van der Waals surface area (Å²) >= 11 is 0. The van der Waals surface area contributed by atoms with E-state index in [-0.39, 0.29) is 6.85 Å². The zero-order chi connectivity index (χ0) is 25.5. The number of anilines is 2. The Bertz CT molecular complexity index is 2110. The van der Waals surface area contributed by atoms with Crippen molar-refractivity contribution in [3.05, 3.63) is 133 Å². The molecule has 39 heavy (non-hydrogen) atoms. The first-order valence-electron chi connectivity index (χ1n) is 13.5. The lowest BCUT2D eigenvalue weighted by molar-refractivity contribution is 0.669. The molecule has 0 atom stereocenters. The Morgan fingerprint density at radius 3 is 2.00 bits per heavy atom. The van der Waals surface area contributed by atoms with Crippen LogP contribution in [0.25, 0.3) is 55.3 Å². The van der Waals surface area contributed by atoms with E-state index < -0.39 is 0 Å². The number of fused-ring (bicyclic) bond motifs is 14. The van der Waals surface area contributed by atoms with Crippen LogP contribution in [0, 0.1) is 0 Å². The molecule has 0 saturated carbocycles. The third kappa shape index (κ3) is 2.82. The van der Waals surface area contributed by atoms with E-state index in [0.717, 1.165) is 21.9 Å². The lowest BCUT2D eigenvalue weighted by Crippen LogP contribution is -2.59. The van der Waals surface area contributed by atoms with Crippen LogP contribution >= 0.6 is 0 Å². The standard InChI is InChI=1S/C36H22BNO/c1-5-15-30-25(10-1)26-11-3-7-17-32(26)38-33-18-9-14-24(36(33)28-13-2-6-16-31(28)37(30)38)23-20-21-35-29(22-23)27-12-4-8-19-34(27)39-35/h1-22H. The first-order chi connectivity index (χ1) is 19.4. The minimum Gasteiger partial charge on any atom is -0.456 e. The highest BCUT2D eigenvalue weighted by Crippen LogP contribution is 2.49. The monoisotopic (exact) mass is 495 g/mol. The van der Waals surface area contributed by atoms with Gasteiger partial charge in [-0.2, -0.15) is 0 Å². The van der Waals surface area contributed by atoms with Crippen molar-refractivity contribution in [3.8, 4) is 33.4 Å². The van der Waals surface area contributed by atoms with Crippen molar-refractivity contribution in [2.75, 3.05) is 4.81 Å². The second kappa shape index (κ2) is 7.75. The van der Waals surface area contributed by atoms with Gasteiger partial charge in [-0.05, 0) is 63.5 Å². The van der Waals surface area contributed by atoms with Crippen LogP contribution in [0.15, 0.2) is 138 Å². The third-order valence-corrected chi connectivity index (χ3v) is 8.48. The summed E-state index contributed by atoms with van der Waals surface area (Å²) in [6.07, 6.45) is 0. The molecule has 3 heterocycles. The van der Waals surface area contributed by atoms with Gasteiger partial charge in [0.05, 0.1) is 0 Å². The van der Waals surface area contributed by atoms with Crippen LogP contribution in [0.4, 0.5) is 11.4 Å². The highest BCUT2D eigenvalue weighted by Gasteiger charge is 2.42. The second-order valence-electron chi connectivity index (χ2n) is 10.5. The van der Waals surface area contributed by atoms with Gasteiger partial charge in [0.15, 0.2) is 0 Å². The summed E-state index contributed by atoms with van der Waals surface area (Å²) in [5.74, 6) is 0. The van der Waals surface area contributed by atoms with Crippen molar-refractivity contribution in [1.82, 2.24) is 0 Å². The van der Waals surface area contributed by atoms with E-state index in [1.54, 1.807) is 0 Å². The van der Waals surface area contributed by atoms with Crippen LogP contribution in [0.3, 0.4) is 0 Å². The van der Waals surface area contributed by atoms with E-state index in [1.165, 1.54) is 55.7 Å². The Hall–Kier alpha value is -5.02. The van der Waals surface area contributed by atoms with Crippen molar-refractivity contribution in [2.24, 2.45) is 0 Å². The van der Waals surface area contributed by atoms with E-state index in [1.807, 2.05) is 12.1 Å². The summed E-state index contributed by atoms with van der Waals surface area (Å²) < 4.78 is 6.15. The summed E-state index contributed by atoms with van der Waals surface area (Å²) in [5, 5.41) is 2.31. The van der Waals surface area contributed by atoms with E-state index >= 15 is 0 Å². The maximum Gasteiger partial charge on any atom is 0.329 e. The largest absolute Gasteiger partial charge is 0.456 e. The normalized spacial score (nSPS) is 13.0. The Labute approximate surface area is 226 Å². The molecule has 0 aliphatic carbocycles. The average Bonchev–Trinajstić information content (AvgIpc) is 3.38. The number of hydrogen-bond donors (Lipinski definition) is 0. The topological polar surface area (TPSA) is 16.4 Å². The molecule has 7 aromatic rings. The van der Waals surface area contributed by atoms with Crippen LogP contribution in [0.1, 0.15) is 0 Å². The zero-order valence-corrected chi connectivity index (χ0v) is 21.1. The van der Waals surface area contributed by atoms with Crippen molar-refractivity contribution in [3.63, 3.8) is 0 Å². The molecular formula is C36H22BNO. The van der Waals surface area contributed by atoms with Crippen molar-refractivity contribution < 1.29 is 4.42 Å². The first-order valence-corrected chi connectivity index (χ1v) is 13.5. The molecule has 2 aliphatic heterocycles. The maximum atomic E-state index is 6.15. The van der Waals surface area contributed by atoms with Crippen LogP contribution in [-0.2, 0) is 0 Å². The summed E-state index contributed by atoms with van der Waals surface area (Å²) in [6, 6.07) is 48.4. The molecule has 0 unspecified atom stereocenters. The molecule has 0 fully saturated rings. The van der Waals surface area contributed by atoms with E-state index in [2.05, 4.69) is 126 Å². The lowest BCUT2D eigenvalue weighted by atomic mass is 9.43. The molecule has 0 spiro atoms. The van der Waals surface area contributed by atoms with E-state index in [4.69, 9.17) is 4.42 Å². The number of rotatable bonds is 1. The predicted octanol–water partition coefficient (Wildman–Crippen LogP) is 8.16. The summed E-state index contributed by atoms with van der Waals surface area (Å²) in [7, 11) is 0. The van der Waals surface area contributed by atoms with Crippen molar-refractivity contribution in [2.45, 2.75) is 0 Å². The van der Waals surface area contributed by atoms with E-state index in [9.17, 15) is 0 Å². The molecule has 2 aliphatic rings. The molecule has 0 bridgehead atoms. The van der Waals surface area contributed by atoms with Crippen LogP contribution in [0.2, 0.25) is 0 Å². The first kappa shape index (κ1) is 21.0. The summed E-state index contributed by atoms with van der Waals surface area (Å²) in [4.78, 5) is 2.56. The number of benzene rings is 6. The third-order valence-electron chi connectivity index (χ3n) is 8.48. The predicted molar refractivity (Wildman–Crippen MR) is 164 cm³/mol. The van der Waals surface area contributed by atoms with Gasteiger partial charge in [-0.15, -0.1) is 0 Å². The molecule has 2 nitrogen and oxygen atoms in total. The van der Waals surface area contributed by atoms with Crippen LogP contribution < -0.4 is 15.7 Å². The Balaban J connectivity index is 1.35. The lowest BCUT2D eigenvalue weighted by Gasteiger charge is -2.43. The van der Waals surface area contributed by atoms with Gasteiger partial charge in [-0.25, -0.2) is 0 Å². The molecule has 3 heteroatoms. The minimum absolute atomic E-state index is 0.121. The van der Waals surface area contributed by atoms with Gasteiger partial charge in [0, 0.05) is 33.3 Å². The number of nitrogens with zero attached hydrogens (tertiary/aromatic N) is 1. The van der Waals surface area contributed by atoms with Gasteiger partial charge in [0.25, 0.3) is 0 Å². The molecular weight excluding hydrogens is 473 g/mol. The molecule has 180 valence electrons. The van der Waals surface area contributed by atoms with Gasteiger partial charge in [-0.3, -0.25) is 0 Å². The smallest absolute Gasteiger partial charge is 0.329 e. The maximum absolute atomic E-state index is 6.15. The molecule has 6 aromatic carbocycles. The van der Waals surface area contributed by atoms with E-state index in [0.29, 0.717) is 0 Å². The number of furan rings is 1. The zero-order valence-electron chi connectivity index (χ0n) is 21.1. The Kier molecular flexibility index (Phi) is 4.17. The van der Waals surface area contributed by atoms with Gasteiger partial charge in [0.2, 0.25) is 0 Å². The van der Waals surface area contributed by atoms with Crippen LogP contribution in [-0.4, -0.2) is 6.85 Å². The Morgan fingerprint density at radius 1 is 0.462 bits per heavy atom. The van der Waals surface area contributed by atoms with Gasteiger partial charge in [0.1, 0.15) is 11.2 Å². The fourth-order valence-electron chi connectivity index (χ4n) is 6.87. The Morgan fingerprint density at radius 2 is 1.10 bits per heavy atom. The van der Waals surface area contributed by atoms with Crippen molar-refractivity contribution >= 4 is 51.1 Å². The van der Waals surface area contributed by atoms with Gasteiger partial charge < -0.3 is 9.23 Å². The number of hydrogen-bond acceptors (Lipinski definition) is 2. The van der Waals surface area contributed by atoms with Crippen molar-refractivity contribution in [1.29, 1.82) is 0 Å². The van der Waals surface area contributed by atoms with Gasteiger partial charge in [-0.1, -0.05) is 103 Å². The fraction of sp³-hybridized carbons (Fsp3) is 0. The molecule has 1 aromatic heterocycles. The number of para-hydroxylation sites is 2. The minimum atomic E-state index is 0.121. The molecule has 9 rings (SSSR count). The second-order valence-corrected chi connectivity index (χ2v) is 10.5. The molecule has 0 N–H and O–H groups in total.